The van der Waals surface area contributed by atoms with Gasteiger partial charge in [-0.3, -0.25) is 9.59 Å². The first-order valence-corrected chi connectivity index (χ1v) is 16.2. The number of carbonyl (C=O) groups excluding carboxylic acids is 2. The molecule has 1 unspecified atom stereocenters. The molecule has 0 aliphatic carbocycles. The van der Waals surface area contributed by atoms with E-state index in [0.29, 0.717) is 38.0 Å². The number of hydrogen-bond donors (Lipinski definition) is 5. The van der Waals surface area contributed by atoms with Crippen LogP contribution in [0.1, 0.15) is 58.7 Å². The molecule has 0 aliphatic rings. The fourth-order valence-corrected chi connectivity index (χ4v) is 5.77. The molecule has 0 bridgehead atoms. The van der Waals surface area contributed by atoms with E-state index in [1.54, 1.807) is 24.5 Å². The van der Waals surface area contributed by atoms with Gasteiger partial charge in [0.2, 0.25) is 5.91 Å². The van der Waals surface area contributed by atoms with Gasteiger partial charge in [-0.2, -0.15) is 0 Å². The van der Waals surface area contributed by atoms with Crippen molar-refractivity contribution in [2.24, 2.45) is 0 Å². The fraction of sp³-hybridized carbons (Fsp3) is 0.289. The molecule has 4 aromatic carbocycles. The van der Waals surface area contributed by atoms with Crippen LogP contribution in [0.3, 0.4) is 0 Å². The first-order valence-electron chi connectivity index (χ1n) is 16.2. The Balaban J connectivity index is 1.21. The fourth-order valence-electron chi connectivity index (χ4n) is 5.77. The number of aromatic amines is 1. The van der Waals surface area contributed by atoms with E-state index in [2.05, 4.69) is 66.5 Å². The van der Waals surface area contributed by atoms with E-state index in [4.69, 9.17) is 0 Å². The molecule has 0 saturated carbocycles. The van der Waals surface area contributed by atoms with Crippen molar-refractivity contribution < 1.29 is 9.59 Å². The number of nitrogens with one attached hydrogen (secondary N) is 5. The highest BCUT2D eigenvalue weighted by atomic mass is 16.2. The van der Waals surface area contributed by atoms with E-state index in [9.17, 15) is 9.59 Å². The lowest BCUT2D eigenvalue weighted by atomic mass is 9.99. The summed E-state index contributed by atoms with van der Waals surface area (Å²) in [7, 11) is 4.08. The van der Waals surface area contributed by atoms with Crippen LogP contribution in [0.5, 0.6) is 0 Å². The van der Waals surface area contributed by atoms with E-state index in [1.165, 1.54) is 11.3 Å². The highest BCUT2D eigenvalue weighted by Crippen LogP contribution is 2.24. The Morgan fingerprint density at radius 3 is 2.38 bits per heavy atom. The van der Waals surface area contributed by atoms with E-state index < -0.39 is 6.04 Å². The molecule has 0 fully saturated rings. The number of fused-ring (bicyclic) bond motifs is 1. The minimum Gasteiger partial charge on any atom is -0.377 e. The third-order valence-corrected chi connectivity index (χ3v) is 8.30. The third-order valence-electron chi connectivity index (χ3n) is 8.30. The predicted octanol–water partition coefficient (Wildman–Crippen LogP) is 5.46. The molecule has 1 aromatic heterocycles. The smallest absolute Gasteiger partial charge is 0.251 e. The van der Waals surface area contributed by atoms with E-state index in [-0.39, 0.29) is 17.9 Å². The van der Waals surface area contributed by atoms with E-state index in [1.807, 2.05) is 69.6 Å². The summed E-state index contributed by atoms with van der Waals surface area (Å²) in [4.78, 5) is 36.5. The van der Waals surface area contributed by atoms with Gasteiger partial charge in [0.1, 0.15) is 11.9 Å². The third kappa shape index (κ3) is 9.28. The topological polar surface area (TPSA) is 114 Å². The van der Waals surface area contributed by atoms with Crippen molar-refractivity contribution in [3.8, 4) is 0 Å². The van der Waals surface area contributed by atoms with Gasteiger partial charge in [-0.1, -0.05) is 72.8 Å². The molecule has 9 heteroatoms. The molecule has 0 spiro atoms. The van der Waals surface area contributed by atoms with Crippen LogP contribution < -0.4 is 26.2 Å². The van der Waals surface area contributed by atoms with Gasteiger partial charge in [0.25, 0.3) is 5.91 Å². The van der Waals surface area contributed by atoms with Crippen molar-refractivity contribution in [2.45, 2.75) is 51.5 Å². The summed E-state index contributed by atoms with van der Waals surface area (Å²) >= 11 is 0. The number of aromatic nitrogens is 2. The molecule has 0 aliphatic heterocycles. The van der Waals surface area contributed by atoms with Crippen LogP contribution in [0, 0.1) is 0 Å². The van der Waals surface area contributed by atoms with Crippen molar-refractivity contribution >= 4 is 28.3 Å². The Morgan fingerprint density at radius 1 is 0.830 bits per heavy atom. The second-order valence-electron chi connectivity index (χ2n) is 12.0. The van der Waals surface area contributed by atoms with Gasteiger partial charge >= 0.3 is 0 Å². The lowest BCUT2D eigenvalue weighted by molar-refractivity contribution is -0.123. The van der Waals surface area contributed by atoms with Crippen LogP contribution in [0.15, 0.2) is 103 Å². The van der Waals surface area contributed by atoms with Gasteiger partial charge in [0, 0.05) is 50.8 Å². The average Bonchev–Trinajstić information content (AvgIpc) is 3.61. The SMILES string of the molecule is CC(NC(=O)[C@H](CCCNCc1ccccc1N(C)C)NC(=O)c1ccc(CNCc2ncc[nH]2)cc1)c1cccc2ccccc12. The number of rotatable bonds is 16. The van der Waals surface area contributed by atoms with Gasteiger partial charge in [-0.25, -0.2) is 4.98 Å². The molecule has 1 heterocycles. The number of nitrogens with zero attached hydrogens (tertiary/aromatic N) is 2. The van der Waals surface area contributed by atoms with Crippen LogP contribution >= 0.6 is 0 Å². The lowest BCUT2D eigenvalue weighted by Crippen LogP contribution is -2.47. The second-order valence-corrected chi connectivity index (χ2v) is 12.0. The number of carbonyl (C=O) groups is 2. The summed E-state index contributed by atoms with van der Waals surface area (Å²) in [6.45, 7) is 4.69. The number of para-hydroxylation sites is 1. The molecule has 0 radical (unpaired) electrons. The molecule has 5 rings (SSSR count). The number of anilines is 1. The normalized spacial score (nSPS) is 12.4. The Morgan fingerprint density at radius 2 is 1.60 bits per heavy atom. The highest BCUT2D eigenvalue weighted by molar-refractivity contribution is 5.97. The monoisotopic (exact) mass is 631 g/mol. The van der Waals surface area contributed by atoms with Crippen molar-refractivity contribution in [2.75, 3.05) is 25.5 Å². The molecular weight excluding hydrogens is 586 g/mol. The minimum atomic E-state index is -0.689. The molecule has 5 aromatic rings. The Hall–Kier alpha value is -4.99. The van der Waals surface area contributed by atoms with Crippen molar-refractivity contribution in [3.63, 3.8) is 0 Å². The molecule has 0 saturated heterocycles. The summed E-state index contributed by atoms with van der Waals surface area (Å²) in [5, 5.41) is 15.3. The molecule has 2 amide bonds. The largest absolute Gasteiger partial charge is 0.377 e. The molecule has 244 valence electrons. The summed E-state index contributed by atoms with van der Waals surface area (Å²) in [5.74, 6) is 0.398. The van der Waals surface area contributed by atoms with Crippen LogP contribution in [-0.2, 0) is 24.4 Å². The Kier molecular flexibility index (Phi) is 11.7. The summed E-state index contributed by atoms with van der Waals surface area (Å²) < 4.78 is 0. The number of benzene rings is 4. The molecule has 9 nitrogen and oxygen atoms in total. The number of hydrogen-bond acceptors (Lipinski definition) is 6. The van der Waals surface area contributed by atoms with E-state index >= 15 is 0 Å². The van der Waals surface area contributed by atoms with Crippen LogP contribution in [0.4, 0.5) is 5.69 Å². The van der Waals surface area contributed by atoms with Crippen LogP contribution in [-0.4, -0.2) is 48.5 Å². The quantitative estimate of drug-likeness (QED) is 0.0924. The van der Waals surface area contributed by atoms with Gasteiger partial charge in [0.05, 0.1) is 12.6 Å². The molecule has 5 N–H and O–H groups in total. The molecule has 2 atom stereocenters. The Labute approximate surface area is 277 Å². The van der Waals surface area contributed by atoms with Crippen molar-refractivity contribution in [3.05, 3.63) is 131 Å². The number of H-pyrrole nitrogens is 1. The Bertz CT molecular complexity index is 1730. The first-order chi connectivity index (χ1) is 22.9. The average molecular weight is 632 g/mol. The van der Waals surface area contributed by atoms with E-state index in [0.717, 1.165) is 34.3 Å². The molecular formula is C38H45N7O2. The number of imidazole rings is 1. The van der Waals surface area contributed by atoms with Crippen LogP contribution in [0.2, 0.25) is 0 Å². The zero-order valence-electron chi connectivity index (χ0n) is 27.4. The van der Waals surface area contributed by atoms with Gasteiger partial charge < -0.3 is 31.2 Å². The maximum absolute atomic E-state index is 13.7. The summed E-state index contributed by atoms with van der Waals surface area (Å²) in [6, 6.07) is 29.1. The van der Waals surface area contributed by atoms with Gasteiger partial charge in [-0.05, 0) is 72.0 Å². The molecule has 47 heavy (non-hydrogen) atoms. The maximum atomic E-state index is 13.7. The van der Waals surface area contributed by atoms with Gasteiger partial charge in [-0.15, -0.1) is 0 Å². The standard InChI is InChI=1S/C38H45N7O2/c1-27(32-14-8-12-29-10-4-6-13-33(29)32)43-38(47)34(15-9-21-39-25-31-11-5-7-16-35(31)45(2)3)44-37(46)30-19-17-28(18-20-30)24-40-26-36-41-22-23-42-36/h4-8,10-14,16-20,22-23,27,34,39-40H,9,15,21,24-26H2,1-3H3,(H,41,42)(H,43,47)(H,44,46)/t27?,34-/m0/s1. The second kappa shape index (κ2) is 16.5. The van der Waals surface area contributed by atoms with Gasteiger partial charge in [0.15, 0.2) is 0 Å². The zero-order chi connectivity index (χ0) is 33.0. The first kappa shape index (κ1) is 33.4. The summed E-state index contributed by atoms with van der Waals surface area (Å²) in [6.07, 6.45) is 4.73. The highest BCUT2D eigenvalue weighted by Gasteiger charge is 2.23. The zero-order valence-corrected chi connectivity index (χ0v) is 27.4. The lowest BCUT2D eigenvalue weighted by Gasteiger charge is -2.23. The number of amides is 2. The predicted molar refractivity (Wildman–Crippen MR) is 189 cm³/mol. The van der Waals surface area contributed by atoms with Crippen molar-refractivity contribution in [1.29, 1.82) is 0 Å². The minimum absolute atomic E-state index is 0.199. The summed E-state index contributed by atoms with van der Waals surface area (Å²) in [5.41, 5.74) is 4.99. The van der Waals surface area contributed by atoms with Crippen LogP contribution in [0.25, 0.3) is 10.8 Å². The maximum Gasteiger partial charge on any atom is 0.251 e. The van der Waals surface area contributed by atoms with Crippen molar-refractivity contribution in [1.82, 2.24) is 31.2 Å².